The van der Waals surface area contributed by atoms with Crippen molar-refractivity contribution in [1.82, 2.24) is 20.1 Å². The molecule has 20 atom stereocenters. The first-order chi connectivity index (χ1) is 34.7. The number of carbonyl (C=O) groups excluding carboxylic acids is 2. The highest BCUT2D eigenvalue weighted by molar-refractivity contribution is 5.82. The van der Waals surface area contributed by atoms with Crippen molar-refractivity contribution in [1.29, 1.82) is 0 Å². The number of amides is 1. The molecule has 18 nitrogen and oxygen atoms in total. The van der Waals surface area contributed by atoms with E-state index >= 15 is 4.39 Å². The summed E-state index contributed by atoms with van der Waals surface area (Å²) < 4.78 is 53.0. The van der Waals surface area contributed by atoms with Crippen molar-refractivity contribution in [2.45, 2.75) is 204 Å². The molecule has 6 rings (SSSR count). The van der Waals surface area contributed by atoms with Crippen LogP contribution in [0.4, 0.5) is 4.39 Å². The van der Waals surface area contributed by atoms with Gasteiger partial charge in [0.15, 0.2) is 12.6 Å². The lowest BCUT2D eigenvalue weighted by atomic mass is 9.83. The smallest absolute Gasteiger partial charge is 0.311 e. The predicted molar refractivity (Wildman–Crippen MR) is 273 cm³/mol. The Labute approximate surface area is 437 Å². The van der Waals surface area contributed by atoms with Gasteiger partial charge >= 0.3 is 5.97 Å². The van der Waals surface area contributed by atoms with Crippen LogP contribution < -0.4 is 5.32 Å². The third-order valence-corrected chi connectivity index (χ3v) is 16.6. The Hall–Kier alpha value is -3.28. The van der Waals surface area contributed by atoms with E-state index in [0.29, 0.717) is 42.6 Å². The number of esters is 1. The SMILES string of the molecule is CC[C@H]1OC(=O)[C@H](C)[C@@H](O[C@H]2C[C@@](C)(OC)[C@@H](O)[C@H](C)O2)C[C@@H](O[C@@H]2O[C@H](C)CC(N(C)C[C@H]3C[C@@H]3C(=O)N[C@H](CO)Cc3ccc(-c4cccnc4)c(F)c3)[C@H]2O)[C@](C)(O)C[C@@H](C)CN(C)[C@H](C)[C@@H](O)[C@]1(C)O. The first-order valence-electron chi connectivity index (χ1n) is 26.6. The molecule has 4 fully saturated rings. The van der Waals surface area contributed by atoms with Crippen molar-refractivity contribution in [3.8, 4) is 11.1 Å². The molecule has 1 saturated carbocycles. The standard InChI is InChI=1S/C55H87FN4O14/c1-13-44-55(9,68)48(63)33(5)59(10)27-30(2)24-53(7,67)45(23-43(32(4)51(66)73-44)72-46-25-54(8,69-12)49(64)34(6)71-46)74-52-47(62)42(19-31(3)70-52)60(11)28-37-22-40(37)50(65)58-38(29-61)20-35-16-17-39(41(56)21-35)36-15-14-18-57-26-36/h14-18,21,26,30-34,37-38,40,42-49,52,61-64,67-68H,13,19-20,22-25,27-29H2,1-12H3,(H,58,65)/t30-,31-,32-,33-,34+,37-,38+,40+,42?,43+,44-,45-,46+,47-,48-,49+,52+,53-,54-,55-/m1/s1. The number of hydrogen-bond donors (Lipinski definition) is 7. The van der Waals surface area contributed by atoms with Gasteiger partial charge in [-0.25, -0.2) is 4.39 Å². The van der Waals surface area contributed by atoms with Gasteiger partial charge in [0.1, 0.15) is 35.8 Å². The van der Waals surface area contributed by atoms with E-state index in [2.05, 4.69) is 10.3 Å². The number of nitrogens with zero attached hydrogens (tertiary/aromatic N) is 3. The van der Waals surface area contributed by atoms with Gasteiger partial charge < -0.3 is 74.2 Å². The third-order valence-electron chi connectivity index (χ3n) is 16.6. The van der Waals surface area contributed by atoms with Crippen LogP contribution in [0.2, 0.25) is 0 Å². The van der Waals surface area contributed by atoms with Gasteiger partial charge in [-0.2, -0.15) is 0 Å². The Kier molecular flexibility index (Phi) is 20.3. The Balaban J connectivity index is 1.19. The van der Waals surface area contributed by atoms with Crippen LogP contribution in [0.25, 0.3) is 11.1 Å². The highest BCUT2D eigenvalue weighted by atomic mass is 19.1. The lowest BCUT2D eigenvalue weighted by Crippen LogP contribution is -2.59. The van der Waals surface area contributed by atoms with E-state index in [0.717, 1.165) is 0 Å². The average Bonchev–Trinajstić information content (AvgIpc) is 4.12. The van der Waals surface area contributed by atoms with E-state index in [1.807, 2.05) is 37.7 Å². The molecule has 1 aliphatic carbocycles. The second-order valence-corrected chi connectivity index (χ2v) is 22.9. The zero-order chi connectivity index (χ0) is 54.6. The molecule has 4 heterocycles. The number of cyclic esters (lactones) is 1. The highest BCUT2D eigenvalue weighted by Gasteiger charge is 2.52. The van der Waals surface area contributed by atoms with E-state index in [9.17, 15) is 40.2 Å². The molecule has 3 saturated heterocycles. The summed E-state index contributed by atoms with van der Waals surface area (Å²) in [6, 6.07) is 6.65. The number of benzene rings is 1. The van der Waals surface area contributed by atoms with Crippen LogP contribution >= 0.6 is 0 Å². The van der Waals surface area contributed by atoms with E-state index in [-0.39, 0.29) is 62.4 Å². The van der Waals surface area contributed by atoms with Crippen LogP contribution in [0.5, 0.6) is 0 Å². The number of ether oxygens (including phenoxy) is 6. The highest BCUT2D eigenvalue weighted by Crippen LogP contribution is 2.42. The van der Waals surface area contributed by atoms with Gasteiger partial charge in [0.05, 0.1) is 54.2 Å². The molecular formula is C55H87FN4O14. The van der Waals surface area contributed by atoms with Crippen molar-refractivity contribution in [3.05, 3.63) is 54.1 Å². The Morgan fingerprint density at radius 2 is 1.73 bits per heavy atom. The summed E-state index contributed by atoms with van der Waals surface area (Å²) in [7, 11) is 5.18. The van der Waals surface area contributed by atoms with Crippen molar-refractivity contribution >= 4 is 11.9 Å². The summed E-state index contributed by atoms with van der Waals surface area (Å²) in [4.78, 5) is 35.9. The molecule has 7 N–H and O–H groups in total. The number of aliphatic hydroxyl groups excluding tert-OH is 4. The number of nitrogens with one attached hydrogen (secondary N) is 1. The number of carbonyl (C=O) groups is 2. The van der Waals surface area contributed by atoms with Gasteiger partial charge in [0.25, 0.3) is 0 Å². The first kappa shape index (κ1) is 60.0. The molecule has 74 heavy (non-hydrogen) atoms. The Morgan fingerprint density at radius 3 is 2.36 bits per heavy atom. The van der Waals surface area contributed by atoms with Crippen LogP contribution in [0.15, 0.2) is 42.7 Å². The fraction of sp³-hybridized carbons (Fsp3) is 0.764. The maximum absolute atomic E-state index is 15.1. The largest absolute Gasteiger partial charge is 0.459 e. The second-order valence-electron chi connectivity index (χ2n) is 22.9. The van der Waals surface area contributed by atoms with Gasteiger partial charge in [-0.3, -0.25) is 14.6 Å². The minimum Gasteiger partial charge on any atom is -0.459 e. The summed E-state index contributed by atoms with van der Waals surface area (Å²) in [5.74, 6) is -3.04. The number of methoxy groups -OCH3 is 1. The molecule has 1 amide bonds. The van der Waals surface area contributed by atoms with Crippen LogP contribution in [-0.2, 0) is 44.4 Å². The molecule has 4 aliphatic rings. The summed E-state index contributed by atoms with van der Waals surface area (Å²) >= 11 is 0. The average molecular weight is 1050 g/mol. The van der Waals surface area contributed by atoms with Crippen molar-refractivity contribution < 1.29 is 73.0 Å². The molecule has 19 heteroatoms. The number of hydrogen-bond acceptors (Lipinski definition) is 17. The molecule has 1 aromatic heterocycles. The minimum atomic E-state index is -1.85. The molecule has 2 aromatic rings. The lowest BCUT2D eigenvalue weighted by Gasteiger charge is -2.47. The number of aromatic nitrogens is 1. The molecular weight excluding hydrogens is 960 g/mol. The summed E-state index contributed by atoms with van der Waals surface area (Å²) in [5, 5.41) is 72.6. The monoisotopic (exact) mass is 1050 g/mol. The van der Waals surface area contributed by atoms with E-state index in [1.165, 1.54) is 20.1 Å². The van der Waals surface area contributed by atoms with Crippen LogP contribution in [0, 0.1) is 29.5 Å². The van der Waals surface area contributed by atoms with Crippen LogP contribution in [0.1, 0.15) is 106 Å². The molecule has 0 radical (unpaired) electrons. The fourth-order valence-electron chi connectivity index (χ4n) is 11.5. The number of pyridine rings is 1. The topological polar surface area (TPSA) is 242 Å². The predicted octanol–water partition coefficient (Wildman–Crippen LogP) is 3.58. The first-order valence-corrected chi connectivity index (χ1v) is 26.6. The van der Waals surface area contributed by atoms with Gasteiger partial charge in [-0.05, 0) is 124 Å². The molecule has 0 bridgehead atoms. The molecule has 0 spiro atoms. The molecule has 1 unspecified atom stereocenters. The van der Waals surface area contributed by atoms with Crippen molar-refractivity contribution in [3.63, 3.8) is 0 Å². The number of likely N-dealkylation sites (N-methyl/N-ethyl adjacent to an activating group) is 2. The third kappa shape index (κ3) is 14.2. The summed E-state index contributed by atoms with van der Waals surface area (Å²) in [6.07, 6.45) is -5.52. The minimum absolute atomic E-state index is 0.0470. The quantitative estimate of drug-likeness (QED) is 0.126. The van der Waals surface area contributed by atoms with Crippen LogP contribution in [0.3, 0.4) is 0 Å². The van der Waals surface area contributed by atoms with Gasteiger partial charge in [-0.1, -0.05) is 32.0 Å². The number of halogens is 1. The Morgan fingerprint density at radius 1 is 1.01 bits per heavy atom. The lowest BCUT2D eigenvalue weighted by molar-refractivity contribution is -0.308. The normalized spacial score (nSPS) is 40.4. The van der Waals surface area contributed by atoms with Gasteiger partial charge in [-0.15, -0.1) is 0 Å². The molecule has 1 aromatic carbocycles. The zero-order valence-electron chi connectivity index (χ0n) is 45.6. The number of rotatable bonds is 15. The maximum atomic E-state index is 15.1. The fourth-order valence-corrected chi connectivity index (χ4v) is 11.5. The molecule has 418 valence electrons. The maximum Gasteiger partial charge on any atom is 0.311 e. The summed E-state index contributed by atoms with van der Waals surface area (Å²) in [6.45, 7) is 16.0. The van der Waals surface area contributed by atoms with Gasteiger partial charge in [0.2, 0.25) is 5.91 Å². The van der Waals surface area contributed by atoms with E-state index < -0.39 is 114 Å². The van der Waals surface area contributed by atoms with Gasteiger partial charge in [0, 0.05) is 74.6 Å². The number of aliphatic hydroxyl groups is 6. The van der Waals surface area contributed by atoms with Crippen LogP contribution in [-0.4, -0.2) is 195 Å². The van der Waals surface area contributed by atoms with E-state index in [4.69, 9.17) is 28.4 Å². The molecule has 3 aliphatic heterocycles. The van der Waals surface area contributed by atoms with Crippen molar-refractivity contribution in [2.75, 3.05) is 40.9 Å². The van der Waals surface area contributed by atoms with Crippen molar-refractivity contribution in [2.24, 2.45) is 23.7 Å². The Bertz CT molecular complexity index is 2140. The van der Waals surface area contributed by atoms with E-state index in [1.54, 1.807) is 78.2 Å². The zero-order valence-corrected chi connectivity index (χ0v) is 45.6. The second kappa shape index (κ2) is 25.0. The summed E-state index contributed by atoms with van der Waals surface area (Å²) in [5.41, 5.74) is -2.89.